The third-order valence-corrected chi connectivity index (χ3v) is 3.40. The Balaban J connectivity index is 3.25. The van der Waals surface area contributed by atoms with Crippen LogP contribution in [0.25, 0.3) is 0 Å². The molecule has 0 spiro atoms. The maximum atomic E-state index is 9.42. The minimum absolute atomic E-state index is 0.00122. The van der Waals surface area contributed by atoms with Crippen LogP contribution < -0.4 is 10.6 Å². The van der Waals surface area contributed by atoms with Gasteiger partial charge < -0.3 is 10.6 Å². The lowest BCUT2D eigenvalue weighted by Gasteiger charge is -2.33. The van der Waals surface area contributed by atoms with Crippen LogP contribution in [0, 0.1) is 30.6 Å². The van der Waals surface area contributed by atoms with Gasteiger partial charge >= 0.3 is 0 Å². The van der Waals surface area contributed by atoms with Gasteiger partial charge in [-0.2, -0.15) is 5.26 Å². The molecule has 1 rings (SSSR count). The molecule has 4 nitrogen and oxygen atoms in total. The topological polar surface area (TPSA) is 65.9 Å². The number of aromatic nitrogens is 1. The summed E-state index contributed by atoms with van der Waals surface area (Å²) in [5.41, 5.74) is 8.46. The fraction of sp³-hybridized carbons (Fsp3) is 0.625. The average Bonchev–Trinajstić information content (AvgIpc) is 2.37. The highest BCUT2D eigenvalue weighted by molar-refractivity contribution is 5.58. The Morgan fingerprint density at radius 1 is 1.40 bits per heavy atom. The zero-order chi connectivity index (χ0) is 15.3. The molecule has 0 amide bonds. The fourth-order valence-electron chi connectivity index (χ4n) is 2.30. The predicted octanol–water partition coefficient (Wildman–Crippen LogP) is 2.77. The zero-order valence-corrected chi connectivity index (χ0v) is 13.3. The molecule has 0 saturated carbocycles. The molecule has 4 heteroatoms. The third kappa shape index (κ3) is 3.94. The average molecular weight is 274 g/mol. The van der Waals surface area contributed by atoms with Crippen molar-refractivity contribution < 1.29 is 0 Å². The molecule has 1 heterocycles. The van der Waals surface area contributed by atoms with Gasteiger partial charge in [-0.15, -0.1) is 0 Å². The summed E-state index contributed by atoms with van der Waals surface area (Å²) in [6, 6.07) is 4.26. The first kappa shape index (κ1) is 16.5. The molecule has 0 radical (unpaired) electrons. The van der Waals surface area contributed by atoms with Gasteiger partial charge in [0.05, 0.1) is 5.56 Å². The molecule has 0 saturated heterocycles. The number of nitrogens with two attached hydrogens (primary N) is 1. The third-order valence-electron chi connectivity index (χ3n) is 3.40. The smallest absolute Gasteiger partial charge is 0.147 e. The van der Waals surface area contributed by atoms with Crippen LogP contribution in [-0.2, 0) is 0 Å². The highest BCUT2D eigenvalue weighted by Gasteiger charge is 2.23. The zero-order valence-electron chi connectivity index (χ0n) is 13.3. The first-order valence-corrected chi connectivity index (χ1v) is 7.18. The van der Waals surface area contributed by atoms with Gasteiger partial charge in [-0.3, -0.25) is 0 Å². The summed E-state index contributed by atoms with van der Waals surface area (Å²) in [4.78, 5) is 6.80. The first-order chi connectivity index (χ1) is 9.34. The van der Waals surface area contributed by atoms with Gasteiger partial charge in [0.2, 0.25) is 0 Å². The molecule has 1 aromatic heterocycles. The minimum Gasteiger partial charge on any atom is -0.355 e. The molecule has 0 atom stereocenters. The standard InChI is InChI=1S/C16H26N4/c1-6-7-20(11-16(4,5)10-18)15-14(9-17)12(2)8-13(3)19-15/h8H,6-7,10-11,18H2,1-5H3. The van der Waals surface area contributed by atoms with Gasteiger partial charge in [-0.1, -0.05) is 20.8 Å². The molecule has 0 aliphatic carbocycles. The maximum absolute atomic E-state index is 9.42. The van der Waals surface area contributed by atoms with Gasteiger partial charge in [0.1, 0.15) is 11.9 Å². The van der Waals surface area contributed by atoms with Crippen molar-refractivity contribution in [2.24, 2.45) is 11.1 Å². The van der Waals surface area contributed by atoms with E-state index in [-0.39, 0.29) is 5.41 Å². The first-order valence-electron chi connectivity index (χ1n) is 7.18. The van der Waals surface area contributed by atoms with Crippen molar-refractivity contribution in [3.63, 3.8) is 0 Å². The number of rotatable bonds is 6. The molecule has 0 fully saturated rings. The lowest BCUT2D eigenvalue weighted by Crippen LogP contribution is -2.40. The number of anilines is 1. The van der Waals surface area contributed by atoms with Crippen LogP contribution in [-0.4, -0.2) is 24.6 Å². The molecule has 0 aliphatic rings. The van der Waals surface area contributed by atoms with Crippen LogP contribution >= 0.6 is 0 Å². The molecule has 1 aromatic rings. The normalized spacial score (nSPS) is 11.2. The van der Waals surface area contributed by atoms with Crippen molar-refractivity contribution in [3.05, 3.63) is 22.9 Å². The summed E-state index contributed by atoms with van der Waals surface area (Å²) < 4.78 is 0. The Morgan fingerprint density at radius 2 is 2.05 bits per heavy atom. The summed E-state index contributed by atoms with van der Waals surface area (Å²) in [5, 5.41) is 9.42. The van der Waals surface area contributed by atoms with Crippen LogP contribution in [0.4, 0.5) is 5.82 Å². The lowest BCUT2D eigenvalue weighted by atomic mass is 9.92. The van der Waals surface area contributed by atoms with E-state index in [1.54, 1.807) is 0 Å². The number of pyridine rings is 1. The number of nitrogens with zero attached hydrogens (tertiary/aromatic N) is 3. The van der Waals surface area contributed by atoms with E-state index in [4.69, 9.17) is 5.73 Å². The number of hydrogen-bond acceptors (Lipinski definition) is 4. The van der Waals surface area contributed by atoms with Crippen LogP contribution in [0.2, 0.25) is 0 Å². The molecule has 110 valence electrons. The van der Waals surface area contributed by atoms with Gasteiger partial charge in [-0.25, -0.2) is 4.98 Å². The molecule has 0 aromatic carbocycles. The van der Waals surface area contributed by atoms with E-state index >= 15 is 0 Å². The van der Waals surface area contributed by atoms with Crippen LogP contribution in [0.1, 0.15) is 44.0 Å². The number of nitriles is 1. The van der Waals surface area contributed by atoms with Crippen molar-refractivity contribution in [1.29, 1.82) is 5.26 Å². The van der Waals surface area contributed by atoms with E-state index in [9.17, 15) is 5.26 Å². The van der Waals surface area contributed by atoms with E-state index < -0.39 is 0 Å². The second-order valence-electron chi connectivity index (χ2n) is 6.18. The highest BCUT2D eigenvalue weighted by atomic mass is 15.2. The van der Waals surface area contributed by atoms with Gasteiger partial charge in [0, 0.05) is 18.8 Å². The summed E-state index contributed by atoms with van der Waals surface area (Å²) in [7, 11) is 0. The summed E-state index contributed by atoms with van der Waals surface area (Å²) in [6.45, 7) is 12.7. The van der Waals surface area contributed by atoms with Gasteiger partial charge in [0.15, 0.2) is 0 Å². The monoisotopic (exact) mass is 274 g/mol. The molecule has 0 aliphatic heterocycles. The summed E-state index contributed by atoms with van der Waals surface area (Å²) in [5.74, 6) is 0.799. The highest BCUT2D eigenvalue weighted by Crippen LogP contribution is 2.25. The lowest BCUT2D eigenvalue weighted by molar-refractivity contribution is 0.376. The van der Waals surface area contributed by atoms with Gasteiger partial charge in [0.25, 0.3) is 0 Å². The largest absolute Gasteiger partial charge is 0.355 e. The maximum Gasteiger partial charge on any atom is 0.147 e. The minimum atomic E-state index is 0.00122. The Kier molecular flexibility index (Phi) is 5.52. The van der Waals surface area contributed by atoms with E-state index in [2.05, 4.69) is 36.7 Å². The number of aryl methyl sites for hydroxylation is 2. The molecule has 20 heavy (non-hydrogen) atoms. The second-order valence-corrected chi connectivity index (χ2v) is 6.18. The van der Waals surface area contributed by atoms with E-state index in [0.717, 1.165) is 36.6 Å². The van der Waals surface area contributed by atoms with E-state index in [1.165, 1.54) is 0 Å². The summed E-state index contributed by atoms with van der Waals surface area (Å²) >= 11 is 0. The Bertz CT molecular complexity index is 500. The van der Waals surface area contributed by atoms with Crippen LogP contribution in [0.15, 0.2) is 6.07 Å². The van der Waals surface area contributed by atoms with Crippen molar-refractivity contribution >= 4 is 5.82 Å². The fourth-order valence-corrected chi connectivity index (χ4v) is 2.30. The van der Waals surface area contributed by atoms with Crippen molar-refractivity contribution in [2.45, 2.75) is 41.0 Å². The molecule has 2 N–H and O–H groups in total. The van der Waals surface area contributed by atoms with Crippen LogP contribution in [0.3, 0.4) is 0 Å². The molecular weight excluding hydrogens is 248 g/mol. The molecule has 0 bridgehead atoms. The predicted molar refractivity (Wildman–Crippen MR) is 83.8 cm³/mol. The Labute approximate surface area is 122 Å². The Morgan fingerprint density at radius 3 is 2.55 bits per heavy atom. The summed E-state index contributed by atoms with van der Waals surface area (Å²) in [6.07, 6.45) is 1.01. The second kappa shape index (κ2) is 6.71. The SMILES string of the molecule is CCCN(CC(C)(C)CN)c1nc(C)cc(C)c1C#N. The molecular formula is C16H26N4. The van der Waals surface area contributed by atoms with E-state index in [1.807, 2.05) is 19.9 Å². The van der Waals surface area contributed by atoms with Crippen molar-refractivity contribution in [1.82, 2.24) is 4.98 Å². The molecule has 0 unspecified atom stereocenters. The Hall–Kier alpha value is -1.60. The van der Waals surface area contributed by atoms with Crippen molar-refractivity contribution in [3.8, 4) is 6.07 Å². The number of hydrogen-bond donors (Lipinski definition) is 1. The van der Waals surface area contributed by atoms with Crippen molar-refractivity contribution in [2.75, 3.05) is 24.5 Å². The quantitative estimate of drug-likeness (QED) is 0.866. The van der Waals surface area contributed by atoms with Gasteiger partial charge in [-0.05, 0) is 43.9 Å². The van der Waals surface area contributed by atoms with Crippen LogP contribution in [0.5, 0.6) is 0 Å². The van der Waals surface area contributed by atoms with E-state index in [0.29, 0.717) is 12.1 Å².